The lowest BCUT2D eigenvalue weighted by molar-refractivity contribution is -0.131. The van der Waals surface area contributed by atoms with Crippen molar-refractivity contribution in [3.8, 4) is 0 Å². The molecule has 0 aliphatic carbocycles. The van der Waals surface area contributed by atoms with Gasteiger partial charge >= 0.3 is 0 Å². The Morgan fingerprint density at radius 3 is 2.29 bits per heavy atom. The summed E-state index contributed by atoms with van der Waals surface area (Å²) in [5.74, 6) is 0.0262. The predicted octanol–water partition coefficient (Wildman–Crippen LogP) is 2.65. The second-order valence-corrected chi connectivity index (χ2v) is 5.27. The highest BCUT2D eigenvalue weighted by molar-refractivity contribution is 5.89. The predicted molar refractivity (Wildman–Crippen MR) is 71.8 cm³/mol. The van der Waals surface area contributed by atoms with Gasteiger partial charge in [0.1, 0.15) is 0 Å². The molecule has 0 saturated heterocycles. The number of Topliss-reactive ketones (excluding diaryl/α,β-unsaturated/α-hetero) is 1. The van der Waals surface area contributed by atoms with E-state index in [-0.39, 0.29) is 17.8 Å². The Morgan fingerprint density at radius 1 is 1.18 bits per heavy atom. The number of unbranched alkanes of at least 4 members (excludes halogenated alkanes) is 3. The Kier molecular flexibility index (Phi) is 8.44. The third-order valence-electron chi connectivity index (χ3n) is 3.51. The highest BCUT2D eigenvalue weighted by atomic mass is 16.3. The summed E-state index contributed by atoms with van der Waals surface area (Å²) in [6, 6.07) is -0.710. The van der Waals surface area contributed by atoms with Crippen molar-refractivity contribution < 1.29 is 9.90 Å². The minimum Gasteiger partial charge on any atom is -0.394 e. The van der Waals surface area contributed by atoms with Crippen LogP contribution in [-0.4, -0.2) is 23.5 Å². The quantitative estimate of drug-likeness (QED) is 0.580. The van der Waals surface area contributed by atoms with Gasteiger partial charge < -0.3 is 10.8 Å². The molecule has 0 aliphatic rings. The Balaban J connectivity index is 4.38. The summed E-state index contributed by atoms with van der Waals surface area (Å²) in [5, 5.41) is 9.00. The molecule has 0 amide bonds. The molecule has 0 fully saturated rings. The van der Waals surface area contributed by atoms with Gasteiger partial charge in [-0.05, 0) is 12.8 Å². The van der Waals surface area contributed by atoms with Gasteiger partial charge in [0.15, 0.2) is 5.78 Å². The highest BCUT2D eigenvalue weighted by Crippen LogP contribution is 2.32. The Bertz CT molecular complexity index is 218. The average Bonchev–Trinajstić information content (AvgIpc) is 2.33. The third kappa shape index (κ3) is 5.64. The van der Waals surface area contributed by atoms with Crippen molar-refractivity contribution in [3.63, 3.8) is 0 Å². The molecule has 0 saturated carbocycles. The molecule has 0 heterocycles. The smallest absolute Gasteiger partial charge is 0.157 e. The maximum atomic E-state index is 12.2. The van der Waals surface area contributed by atoms with Gasteiger partial charge in [-0.2, -0.15) is 0 Å². The van der Waals surface area contributed by atoms with Gasteiger partial charge in [0, 0.05) is 5.41 Å². The van der Waals surface area contributed by atoms with E-state index in [0.29, 0.717) is 0 Å². The van der Waals surface area contributed by atoms with Crippen LogP contribution in [0.25, 0.3) is 0 Å². The number of nitrogens with two attached hydrogens (primary N) is 1. The van der Waals surface area contributed by atoms with Crippen LogP contribution in [-0.2, 0) is 4.79 Å². The number of hydrogen-bond donors (Lipinski definition) is 2. The van der Waals surface area contributed by atoms with E-state index in [9.17, 15) is 4.79 Å². The number of aliphatic hydroxyl groups excluding tert-OH is 1. The second kappa shape index (κ2) is 8.65. The van der Waals surface area contributed by atoms with Crippen LogP contribution in [0.3, 0.4) is 0 Å². The minimum absolute atomic E-state index is 0.0262. The maximum Gasteiger partial charge on any atom is 0.157 e. The van der Waals surface area contributed by atoms with Crippen molar-refractivity contribution in [1.29, 1.82) is 0 Å². The van der Waals surface area contributed by atoms with Crippen LogP contribution in [0.4, 0.5) is 0 Å². The van der Waals surface area contributed by atoms with E-state index < -0.39 is 6.04 Å². The molecular formula is C14H29NO2. The summed E-state index contributed by atoms with van der Waals surface area (Å²) in [7, 11) is 0. The van der Waals surface area contributed by atoms with Crippen LogP contribution in [0.2, 0.25) is 0 Å². The van der Waals surface area contributed by atoms with Gasteiger partial charge in [-0.1, -0.05) is 52.9 Å². The highest BCUT2D eigenvalue weighted by Gasteiger charge is 2.34. The van der Waals surface area contributed by atoms with Crippen molar-refractivity contribution in [2.45, 2.75) is 71.8 Å². The Morgan fingerprint density at radius 2 is 1.82 bits per heavy atom. The average molecular weight is 243 g/mol. The van der Waals surface area contributed by atoms with Gasteiger partial charge in [-0.25, -0.2) is 0 Å². The second-order valence-electron chi connectivity index (χ2n) is 5.27. The van der Waals surface area contributed by atoms with Crippen molar-refractivity contribution in [2.75, 3.05) is 6.61 Å². The van der Waals surface area contributed by atoms with E-state index in [2.05, 4.69) is 13.8 Å². The van der Waals surface area contributed by atoms with Crippen molar-refractivity contribution in [1.82, 2.24) is 0 Å². The molecule has 0 rings (SSSR count). The molecule has 2 atom stereocenters. The number of carbonyl (C=O) groups excluding carboxylic acids is 1. The first-order chi connectivity index (χ1) is 8.01. The molecule has 0 spiro atoms. The number of rotatable bonds is 10. The van der Waals surface area contributed by atoms with E-state index in [4.69, 9.17) is 10.8 Å². The monoisotopic (exact) mass is 243 g/mol. The fraction of sp³-hybridized carbons (Fsp3) is 0.929. The number of hydrogen-bond acceptors (Lipinski definition) is 3. The fourth-order valence-electron chi connectivity index (χ4n) is 2.40. The first-order valence-electron chi connectivity index (χ1n) is 6.92. The lowest BCUT2D eigenvalue weighted by Gasteiger charge is -2.30. The molecule has 0 aromatic rings. The molecule has 0 bridgehead atoms. The fourth-order valence-corrected chi connectivity index (χ4v) is 2.40. The lowest BCUT2D eigenvalue weighted by atomic mass is 9.74. The summed E-state index contributed by atoms with van der Waals surface area (Å²) in [5.41, 5.74) is 5.32. The standard InChI is InChI=1S/C14H29NO2/c1-4-6-7-8-10-14(3,9-5-2)13(17)12(15)11-16/h12,16H,4-11,15H2,1-3H3. The van der Waals surface area contributed by atoms with Crippen LogP contribution in [0.15, 0.2) is 0 Å². The Hall–Kier alpha value is -0.410. The lowest BCUT2D eigenvalue weighted by Crippen LogP contribution is -2.44. The van der Waals surface area contributed by atoms with Crippen LogP contribution in [0, 0.1) is 5.41 Å². The topological polar surface area (TPSA) is 63.3 Å². The Labute approximate surface area is 106 Å². The summed E-state index contributed by atoms with van der Waals surface area (Å²) in [6.45, 7) is 6.02. The van der Waals surface area contributed by atoms with E-state index in [1.54, 1.807) is 0 Å². The molecule has 102 valence electrons. The van der Waals surface area contributed by atoms with E-state index in [1.807, 2.05) is 6.92 Å². The molecule has 0 aromatic carbocycles. The first-order valence-corrected chi connectivity index (χ1v) is 6.92. The SMILES string of the molecule is CCCCCCC(C)(CCC)C(=O)C(N)CO. The summed E-state index contributed by atoms with van der Waals surface area (Å²) in [4.78, 5) is 12.2. The van der Waals surface area contributed by atoms with Gasteiger partial charge in [0.05, 0.1) is 12.6 Å². The van der Waals surface area contributed by atoms with Crippen molar-refractivity contribution in [3.05, 3.63) is 0 Å². The van der Waals surface area contributed by atoms with Crippen LogP contribution in [0.1, 0.15) is 65.7 Å². The zero-order valence-electron chi connectivity index (χ0n) is 11.7. The van der Waals surface area contributed by atoms with E-state index >= 15 is 0 Å². The van der Waals surface area contributed by atoms with Gasteiger partial charge in [0.25, 0.3) is 0 Å². The summed E-state index contributed by atoms with van der Waals surface area (Å²) < 4.78 is 0. The van der Waals surface area contributed by atoms with Crippen LogP contribution >= 0.6 is 0 Å². The van der Waals surface area contributed by atoms with Crippen LogP contribution < -0.4 is 5.73 Å². The first kappa shape index (κ1) is 16.6. The molecule has 0 radical (unpaired) electrons. The zero-order valence-corrected chi connectivity index (χ0v) is 11.7. The normalized spacial score (nSPS) is 16.5. The maximum absolute atomic E-state index is 12.2. The van der Waals surface area contributed by atoms with Crippen molar-refractivity contribution in [2.24, 2.45) is 11.1 Å². The molecule has 3 nitrogen and oxygen atoms in total. The summed E-state index contributed by atoms with van der Waals surface area (Å²) >= 11 is 0. The van der Waals surface area contributed by atoms with E-state index in [0.717, 1.165) is 25.7 Å². The molecule has 0 aromatic heterocycles. The zero-order chi connectivity index (χ0) is 13.3. The van der Waals surface area contributed by atoms with Crippen molar-refractivity contribution >= 4 is 5.78 Å². The molecule has 2 unspecified atom stereocenters. The van der Waals surface area contributed by atoms with E-state index in [1.165, 1.54) is 19.3 Å². The molecule has 3 N–H and O–H groups in total. The molecule has 3 heteroatoms. The number of carbonyl (C=O) groups is 1. The van der Waals surface area contributed by atoms with Gasteiger partial charge in [-0.15, -0.1) is 0 Å². The third-order valence-corrected chi connectivity index (χ3v) is 3.51. The molecule has 17 heavy (non-hydrogen) atoms. The summed E-state index contributed by atoms with van der Waals surface area (Å²) in [6.07, 6.45) is 7.43. The van der Waals surface area contributed by atoms with Crippen LogP contribution in [0.5, 0.6) is 0 Å². The number of ketones is 1. The molecular weight excluding hydrogens is 214 g/mol. The van der Waals surface area contributed by atoms with Gasteiger partial charge in [0.2, 0.25) is 0 Å². The largest absolute Gasteiger partial charge is 0.394 e. The number of aliphatic hydroxyl groups is 1. The molecule has 0 aliphatic heterocycles. The minimum atomic E-state index is -0.710. The van der Waals surface area contributed by atoms with Gasteiger partial charge in [-0.3, -0.25) is 4.79 Å².